The smallest absolute Gasteiger partial charge is 0.175 e. The number of halogens is 1. The van der Waals surface area contributed by atoms with Gasteiger partial charge in [-0.1, -0.05) is 11.2 Å². The maximum absolute atomic E-state index is 14.0. The third kappa shape index (κ3) is 1.97. The number of hydrogen-bond donors (Lipinski definition) is 2. The van der Waals surface area contributed by atoms with Crippen LogP contribution >= 0.6 is 0 Å². The van der Waals surface area contributed by atoms with Crippen molar-refractivity contribution >= 4 is 11.5 Å². The van der Waals surface area contributed by atoms with Gasteiger partial charge in [0.25, 0.3) is 0 Å². The molecule has 3 N–H and O–H groups in total. The lowest BCUT2D eigenvalue weighted by molar-refractivity contribution is 0.318. The summed E-state index contributed by atoms with van der Waals surface area (Å²) in [5.41, 5.74) is 6.32. The molecule has 6 nitrogen and oxygen atoms in total. The lowest BCUT2D eigenvalue weighted by atomic mass is 10.1. The van der Waals surface area contributed by atoms with Gasteiger partial charge in [-0.2, -0.15) is 0 Å². The number of benzene rings is 1. The van der Waals surface area contributed by atoms with E-state index in [4.69, 9.17) is 10.9 Å². The molecule has 0 atom stereocenters. The lowest BCUT2D eigenvalue weighted by Gasteiger charge is -2.31. The fourth-order valence-electron chi connectivity index (χ4n) is 2.46. The first-order valence-corrected chi connectivity index (χ1v) is 6.22. The van der Waals surface area contributed by atoms with Crippen molar-refractivity contribution in [3.63, 3.8) is 0 Å². The summed E-state index contributed by atoms with van der Waals surface area (Å²) in [5.74, 6) is 0.171. The summed E-state index contributed by atoms with van der Waals surface area (Å²) in [6, 6.07) is 4.66. The zero-order valence-electron chi connectivity index (χ0n) is 10.7. The maximum Gasteiger partial charge on any atom is 0.175 e. The van der Waals surface area contributed by atoms with Crippen molar-refractivity contribution in [2.24, 2.45) is 10.9 Å². The first-order valence-electron chi connectivity index (χ1n) is 6.22. The molecule has 104 valence electrons. The topological polar surface area (TPSA) is 79.7 Å². The van der Waals surface area contributed by atoms with E-state index < -0.39 is 5.82 Å². The number of hydrogen-bond acceptors (Lipinski definition) is 4. The molecule has 0 bridgehead atoms. The van der Waals surface area contributed by atoms with Crippen LogP contribution in [0.15, 0.2) is 35.7 Å². The van der Waals surface area contributed by atoms with E-state index in [1.807, 2.05) is 11.1 Å². The molecule has 7 heteroatoms. The number of amidine groups is 1. The van der Waals surface area contributed by atoms with E-state index in [-0.39, 0.29) is 11.4 Å². The van der Waals surface area contributed by atoms with Gasteiger partial charge in [0.2, 0.25) is 0 Å². The third-order valence-electron chi connectivity index (χ3n) is 3.44. The zero-order valence-corrected chi connectivity index (χ0v) is 10.7. The Balaban J connectivity index is 2.02. The molecule has 0 fully saturated rings. The Morgan fingerprint density at radius 2 is 2.25 bits per heavy atom. The largest absolute Gasteiger partial charge is 0.409 e. The summed E-state index contributed by atoms with van der Waals surface area (Å²) in [5, 5.41) is 11.7. The standard InChI is InChI=1S/C13H14FN5O/c14-9-2-1-3-10(12(9)13(15)17-20)19-7-6-18-5-4-16-11(18)8-19/h1-5,20H,6-8H2,(H2,15,17). The minimum Gasteiger partial charge on any atom is -0.409 e. The minimum atomic E-state index is -0.508. The predicted octanol–water partition coefficient (Wildman–Crippen LogP) is 1.14. The van der Waals surface area contributed by atoms with Crippen LogP contribution in [0.5, 0.6) is 0 Å². The molecule has 0 amide bonds. The summed E-state index contributed by atoms with van der Waals surface area (Å²) >= 11 is 0. The highest BCUT2D eigenvalue weighted by molar-refractivity contribution is 6.02. The number of fused-ring (bicyclic) bond motifs is 1. The lowest BCUT2D eigenvalue weighted by Crippen LogP contribution is -2.35. The van der Waals surface area contributed by atoms with Crippen molar-refractivity contribution in [3.8, 4) is 0 Å². The number of nitrogens with zero attached hydrogens (tertiary/aromatic N) is 4. The average molecular weight is 275 g/mol. The van der Waals surface area contributed by atoms with Crippen LogP contribution < -0.4 is 10.6 Å². The molecule has 20 heavy (non-hydrogen) atoms. The molecule has 2 heterocycles. The molecule has 2 aromatic rings. The van der Waals surface area contributed by atoms with Crippen molar-refractivity contribution in [2.45, 2.75) is 13.1 Å². The number of anilines is 1. The SMILES string of the molecule is NC(=NO)c1c(F)cccc1N1CCn2ccnc2C1. The highest BCUT2D eigenvalue weighted by Crippen LogP contribution is 2.26. The third-order valence-corrected chi connectivity index (χ3v) is 3.44. The Hall–Kier alpha value is -2.57. The number of rotatable bonds is 2. The molecule has 0 aliphatic carbocycles. The first-order chi connectivity index (χ1) is 9.70. The highest BCUT2D eigenvalue weighted by Gasteiger charge is 2.22. The van der Waals surface area contributed by atoms with Gasteiger partial charge in [0.15, 0.2) is 5.84 Å². The van der Waals surface area contributed by atoms with Crippen LogP contribution in [0, 0.1) is 5.82 Å². The quantitative estimate of drug-likeness (QED) is 0.373. The van der Waals surface area contributed by atoms with Crippen LogP contribution in [0.25, 0.3) is 0 Å². The molecular weight excluding hydrogens is 261 g/mol. The van der Waals surface area contributed by atoms with E-state index in [2.05, 4.69) is 14.7 Å². The van der Waals surface area contributed by atoms with Crippen LogP contribution in [-0.2, 0) is 13.1 Å². The van der Waals surface area contributed by atoms with Crippen LogP contribution in [0.2, 0.25) is 0 Å². The average Bonchev–Trinajstić information content (AvgIpc) is 2.93. The molecule has 0 saturated heterocycles. The monoisotopic (exact) mass is 275 g/mol. The second-order valence-corrected chi connectivity index (χ2v) is 4.58. The zero-order chi connectivity index (χ0) is 14.1. The summed E-state index contributed by atoms with van der Waals surface area (Å²) < 4.78 is 16.0. The van der Waals surface area contributed by atoms with Gasteiger partial charge >= 0.3 is 0 Å². The van der Waals surface area contributed by atoms with Crippen molar-refractivity contribution in [1.29, 1.82) is 0 Å². The van der Waals surface area contributed by atoms with Gasteiger partial charge < -0.3 is 20.4 Å². The van der Waals surface area contributed by atoms with Gasteiger partial charge in [-0.3, -0.25) is 0 Å². The second kappa shape index (κ2) is 4.84. The summed E-state index contributed by atoms with van der Waals surface area (Å²) in [6.45, 7) is 2.03. The van der Waals surface area contributed by atoms with Crippen LogP contribution in [0.3, 0.4) is 0 Å². The summed E-state index contributed by atoms with van der Waals surface area (Å²) in [6.07, 6.45) is 3.66. The van der Waals surface area contributed by atoms with Gasteiger partial charge in [0.1, 0.15) is 11.6 Å². The molecule has 1 aromatic heterocycles. The summed E-state index contributed by atoms with van der Waals surface area (Å²) in [4.78, 5) is 6.24. The van der Waals surface area contributed by atoms with Crippen molar-refractivity contribution in [3.05, 3.63) is 47.8 Å². The van der Waals surface area contributed by atoms with Crippen LogP contribution in [0.1, 0.15) is 11.4 Å². The highest BCUT2D eigenvalue weighted by atomic mass is 19.1. The normalized spacial score (nSPS) is 15.2. The van der Waals surface area contributed by atoms with Crippen molar-refractivity contribution < 1.29 is 9.60 Å². The van der Waals surface area contributed by atoms with Gasteiger partial charge in [-0.25, -0.2) is 9.37 Å². The fourth-order valence-corrected chi connectivity index (χ4v) is 2.46. The van der Waals surface area contributed by atoms with Gasteiger partial charge in [-0.05, 0) is 12.1 Å². The van der Waals surface area contributed by atoms with Crippen LogP contribution in [-0.4, -0.2) is 27.1 Å². The Bertz CT molecular complexity index is 667. The second-order valence-electron chi connectivity index (χ2n) is 4.58. The Morgan fingerprint density at radius 1 is 1.40 bits per heavy atom. The first kappa shape index (κ1) is 12.5. The van der Waals surface area contributed by atoms with E-state index in [0.717, 1.165) is 12.4 Å². The molecule has 3 rings (SSSR count). The van der Waals surface area contributed by atoms with E-state index in [1.165, 1.54) is 6.07 Å². The molecule has 0 radical (unpaired) electrons. The molecule has 1 aromatic carbocycles. The van der Waals surface area contributed by atoms with Gasteiger partial charge in [0.05, 0.1) is 17.8 Å². The number of imidazole rings is 1. The van der Waals surface area contributed by atoms with Crippen molar-refractivity contribution in [1.82, 2.24) is 9.55 Å². The Kier molecular flexibility index (Phi) is 3.02. The van der Waals surface area contributed by atoms with E-state index >= 15 is 0 Å². The molecule has 0 spiro atoms. The predicted molar refractivity (Wildman–Crippen MR) is 72.2 cm³/mol. The maximum atomic E-state index is 14.0. The molecular formula is C13H14FN5O. The van der Waals surface area contributed by atoms with Gasteiger partial charge in [0, 0.05) is 25.5 Å². The molecule has 1 aliphatic rings. The van der Waals surface area contributed by atoms with Crippen molar-refractivity contribution in [2.75, 3.05) is 11.4 Å². The van der Waals surface area contributed by atoms with Gasteiger partial charge in [-0.15, -0.1) is 0 Å². The molecule has 0 saturated carbocycles. The molecule has 0 unspecified atom stereocenters. The number of nitrogens with two attached hydrogens (primary N) is 1. The fraction of sp³-hybridized carbons (Fsp3) is 0.231. The molecule has 1 aliphatic heterocycles. The summed E-state index contributed by atoms with van der Waals surface area (Å²) in [7, 11) is 0. The number of oxime groups is 1. The van der Waals surface area contributed by atoms with E-state index in [0.29, 0.717) is 18.8 Å². The number of aromatic nitrogens is 2. The minimum absolute atomic E-state index is 0.120. The Morgan fingerprint density at radius 3 is 3.05 bits per heavy atom. The Labute approximate surface area is 114 Å². The van der Waals surface area contributed by atoms with Crippen LogP contribution in [0.4, 0.5) is 10.1 Å². The van der Waals surface area contributed by atoms with E-state index in [1.54, 1.807) is 18.3 Å². The van der Waals surface area contributed by atoms with E-state index in [9.17, 15) is 4.39 Å².